The van der Waals surface area contributed by atoms with Crippen molar-refractivity contribution >= 4 is 17.0 Å². The minimum Gasteiger partial charge on any atom is -0.346 e. The molecule has 0 aromatic carbocycles. The molecule has 0 spiro atoms. The van der Waals surface area contributed by atoms with Crippen LogP contribution in [0, 0.1) is 5.92 Å². The lowest BCUT2D eigenvalue weighted by Gasteiger charge is -2.08. The minimum atomic E-state index is 0.133. The van der Waals surface area contributed by atoms with Crippen LogP contribution in [-0.4, -0.2) is 17.0 Å². The van der Waals surface area contributed by atoms with Crippen LogP contribution in [0.2, 0.25) is 0 Å². The summed E-state index contributed by atoms with van der Waals surface area (Å²) >= 11 is 1.42. The third-order valence-electron chi connectivity index (χ3n) is 1.45. The van der Waals surface area contributed by atoms with E-state index in [4.69, 9.17) is 0 Å². The third kappa shape index (κ3) is 1.61. The lowest BCUT2D eigenvalue weighted by molar-refractivity contribution is 0.262. The number of hydrogen-bond acceptors (Lipinski definition) is 2. The van der Waals surface area contributed by atoms with Crippen LogP contribution in [0.1, 0.15) is 13.8 Å². The highest BCUT2D eigenvalue weighted by atomic mass is 32.2. The van der Waals surface area contributed by atoms with Crippen molar-refractivity contribution in [3.05, 3.63) is 0 Å². The molecule has 3 heteroatoms. The Morgan fingerprint density at radius 2 is 2.44 bits per heavy atom. The maximum atomic E-state index is 10.6. The Morgan fingerprint density at radius 3 is 2.67 bits per heavy atom. The topological polar surface area (TPSA) is 29.1 Å². The van der Waals surface area contributed by atoms with Gasteiger partial charge >= 0.3 is 0 Å². The van der Waals surface area contributed by atoms with Crippen LogP contribution in [0.4, 0.5) is 4.79 Å². The monoisotopic (exact) mass is 145 g/mol. The smallest absolute Gasteiger partial charge is 0.279 e. The highest BCUT2D eigenvalue weighted by Gasteiger charge is 2.24. The predicted molar refractivity (Wildman–Crippen MR) is 39.6 cm³/mol. The highest BCUT2D eigenvalue weighted by molar-refractivity contribution is 8.14. The number of rotatable bonds is 1. The molecule has 0 radical (unpaired) electrons. The van der Waals surface area contributed by atoms with Gasteiger partial charge in [-0.2, -0.15) is 0 Å². The van der Waals surface area contributed by atoms with E-state index < -0.39 is 0 Å². The summed E-state index contributed by atoms with van der Waals surface area (Å²) in [5.74, 6) is 0.606. The Kier molecular flexibility index (Phi) is 2.01. The number of hydrogen-bond donors (Lipinski definition) is 1. The average Bonchev–Trinajstić information content (AvgIpc) is 2.14. The van der Waals surface area contributed by atoms with E-state index in [1.165, 1.54) is 11.8 Å². The van der Waals surface area contributed by atoms with Gasteiger partial charge in [0.15, 0.2) is 0 Å². The molecule has 1 amide bonds. The molecule has 0 aromatic heterocycles. The molecule has 1 saturated heterocycles. The second-order valence-corrected chi connectivity index (χ2v) is 3.78. The van der Waals surface area contributed by atoms with E-state index in [-0.39, 0.29) is 5.24 Å². The molecule has 0 aromatic rings. The summed E-state index contributed by atoms with van der Waals surface area (Å²) in [6.45, 7) is 5.12. The predicted octanol–water partition coefficient (Wildman–Crippen LogP) is 1.47. The van der Waals surface area contributed by atoms with E-state index in [1.54, 1.807) is 0 Å². The summed E-state index contributed by atoms with van der Waals surface area (Å²) in [5.41, 5.74) is 0. The van der Waals surface area contributed by atoms with Gasteiger partial charge in [-0.3, -0.25) is 4.79 Å². The van der Waals surface area contributed by atoms with Gasteiger partial charge < -0.3 is 5.32 Å². The van der Waals surface area contributed by atoms with Crippen molar-refractivity contribution in [2.75, 3.05) is 6.54 Å². The molecular formula is C6H11NOS. The van der Waals surface area contributed by atoms with Gasteiger partial charge in [-0.1, -0.05) is 25.6 Å². The summed E-state index contributed by atoms with van der Waals surface area (Å²) in [6.07, 6.45) is 0. The lowest BCUT2D eigenvalue weighted by atomic mass is 10.1. The molecule has 9 heavy (non-hydrogen) atoms. The zero-order valence-corrected chi connectivity index (χ0v) is 6.49. The molecule has 1 atom stereocenters. The summed E-state index contributed by atoms with van der Waals surface area (Å²) in [6, 6.07) is 0. The maximum Gasteiger partial charge on any atom is 0.279 e. The maximum absolute atomic E-state index is 10.6. The van der Waals surface area contributed by atoms with Crippen molar-refractivity contribution < 1.29 is 4.79 Å². The largest absolute Gasteiger partial charge is 0.346 e. The molecule has 2 nitrogen and oxygen atoms in total. The first-order valence-electron chi connectivity index (χ1n) is 3.14. The van der Waals surface area contributed by atoms with Gasteiger partial charge in [0.25, 0.3) is 5.24 Å². The van der Waals surface area contributed by atoms with E-state index >= 15 is 0 Å². The van der Waals surface area contributed by atoms with Crippen LogP contribution in [0.25, 0.3) is 0 Å². The molecule has 0 unspecified atom stereocenters. The third-order valence-corrected chi connectivity index (χ3v) is 2.82. The molecule has 1 rings (SSSR count). The first-order chi connectivity index (χ1) is 4.20. The molecule has 1 fully saturated rings. The number of thioether (sulfide) groups is 1. The Balaban J connectivity index is 2.39. The van der Waals surface area contributed by atoms with Crippen LogP contribution in [0.3, 0.4) is 0 Å². The van der Waals surface area contributed by atoms with Crippen LogP contribution in [0.15, 0.2) is 0 Å². The summed E-state index contributed by atoms with van der Waals surface area (Å²) < 4.78 is 0. The molecule has 0 saturated carbocycles. The zero-order chi connectivity index (χ0) is 6.85. The molecule has 1 aliphatic rings. The second-order valence-electron chi connectivity index (χ2n) is 2.57. The van der Waals surface area contributed by atoms with Crippen LogP contribution in [-0.2, 0) is 0 Å². The van der Waals surface area contributed by atoms with E-state index in [0.29, 0.717) is 11.2 Å². The first kappa shape index (κ1) is 6.93. The van der Waals surface area contributed by atoms with Gasteiger partial charge in [0.1, 0.15) is 0 Å². The highest BCUT2D eigenvalue weighted by Crippen LogP contribution is 2.23. The van der Waals surface area contributed by atoms with Crippen molar-refractivity contribution in [3.8, 4) is 0 Å². The van der Waals surface area contributed by atoms with Crippen LogP contribution < -0.4 is 5.32 Å². The Bertz CT molecular complexity index is 124. The van der Waals surface area contributed by atoms with Crippen molar-refractivity contribution in [2.45, 2.75) is 19.1 Å². The van der Waals surface area contributed by atoms with Gasteiger partial charge in [-0.25, -0.2) is 0 Å². The van der Waals surface area contributed by atoms with Crippen molar-refractivity contribution in [1.29, 1.82) is 0 Å². The minimum absolute atomic E-state index is 0.133. The van der Waals surface area contributed by atoms with Crippen molar-refractivity contribution in [3.63, 3.8) is 0 Å². The summed E-state index contributed by atoms with van der Waals surface area (Å²) in [5, 5.41) is 3.41. The number of amides is 1. The number of carbonyl (C=O) groups excluding carboxylic acids is 1. The average molecular weight is 145 g/mol. The fourth-order valence-corrected chi connectivity index (χ4v) is 1.66. The standard InChI is InChI=1S/C6H11NOS/c1-4(2)5-3-7-6(8)9-5/h4-5H,3H2,1-2H3,(H,7,8)/t5-/m0/s1. The summed E-state index contributed by atoms with van der Waals surface area (Å²) in [4.78, 5) is 10.6. The van der Waals surface area contributed by atoms with Gasteiger partial charge in [-0.15, -0.1) is 0 Å². The van der Waals surface area contributed by atoms with E-state index in [0.717, 1.165) is 6.54 Å². The SMILES string of the molecule is CC(C)[C@@H]1CNC(=O)S1. The number of carbonyl (C=O) groups is 1. The quantitative estimate of drug-likeness (QED) is 0.605. The fraction of sp³-hybridized carbons (Fsp3) is 0.833. The Morgan fingerprint density at radius 1 is 1.78 bits per heavy atom. The molecule has 1 aliphatic heterocycles. The normalized spacial score (nSPS) is 27.0. The van der Waals surface area contributed by atoms with Crippen LogP contribution in [0.5, 0.6) is 0 Å². The fourth-order valence-electron chi connectivity index (χ4n) is 0.777. The van der Waals surface area contributed by atoms with Gasteiger partial charge in [0.2, 0.25) is 0 Å². The van der Waals surface area contributed by atoms with E-state index in [2.05, 4.69) is 19.2 Å². The van der Waals surface area contributed by atoms with E-state index in [1.807, 2.05) is 0 Å². The van der Waals surface area contributed by atoms with Crippen molar-refractivity contribution in [2.24, 2.45) is 5.92 Å². The van der Waals surface area contributed by atoms with E-state index in [9.17, 15) is 4.79 Å². The second kappa shape index (κ2) is 2.60. The molecular weight excluding hydrogens is 134 g/mol. The zero-order valence-electron chi connectivity index (χ0n) is 5.68. The lowest BCUT2D eigenvalue weighted by Crippen LogP contribution is -2.18. The molecule has 0 bridgehead atoms. The van der Waals surface area contributed by atoms with Crippen LogP contribution >= 0.6 is 11.8 Å². The molecule has 1 heterocycles. The van der Waals surface area contributed by atoms with Gasteiger partial charge in [-0.05, 0) is 5.92 Å². The molecule has 52 valence electrons. The van der Waals surface area contributed by atoms with Crippen molar-refractivity contribution in [1.82, 2.24) is 5.32 Å². The number of nitrogens with one attached hydrogen (secondary N) is 1. The van der Waals surface area contributed by atoms with Gasteiger partial charge in [0, 0.05) is 11.8 Å². The first-order valence-corrected chi connectivity index (χ1v) is 4.02. The summed E-state index contributed by atoms with van der Waals surface area (Å²) in [7, 11) is 0. The Hall–Kier alpha value is -0.180. The van der Waals surface area contributed by atoms with Gasteiger partial charge in [0.05, 0.1) is 0 Å². The molecule has 0 aliphatic carbocycles. The Labute approximate surface area is 59.4 Å². The molecule has 1 N–H and O–H groups in total.